The third kappa shape index (κ3) is 6.92. The first-order valence-corrected chi connectivity index (χ1v) is 3.70. The SMILES string of the molecule is C\C=C/C(=C\C=C\OC(N)N)N=O. The molecule has 0 rings (SSSR count). The van der Waals surface area contributed by atoms with Crippen molar-refractivity contribution in [2.24, 2.45) is 16.6 Å². The van der Waals surface area contributed by atoms with Crippen LogP contribution in [-0.2, 0) is 4.74 Å². The summed E-state index contributed by atoms with van der Waals surface area (Å²) in [6, 6.07) is 0. The van der Waals surface area contributed by atoms with Crippen LogP contribution in [0, 0.1) is 4.91 Å². The highest BCUT2D eigenvalue weighted by Crippen LogP contribution is 1.98. The van der Waals surface area contributed by atoms with Crippen LogP contribution in [0.4, 0.5) is 0 Å². The summed E-state index contributed by atoms with van der Waals surface area (Å²) in [6.45, 7) is 1.79. The molecular weight excluding hydrogens is 170 g/mol. The number of nitrogens with two attached hydrogens (primary N) is 2. The van der Waals surface area contributed by atoms with E-state index in [1.54, 1.807) is 19.1 Å². The van der Waals surface area contributed by atoms with E-state index >= 15 is 0 Å². The zero-order valence-electron chi connectivity index (χ0n) is 7.38. The zero-order chi connectivity index (χ0) is 10.1. The third-order valence-corrected chi connectivity index (χ3v) is 1.02. The van der Waals surface area contributed by atoms with E-state index in [0.717, 1.165) is 0 Å². The average Bonchev–Trinajstić information content (AvgIpc) is 2.10. The van der Waals surface area contributed by atoms with Crippen LogP contribution in [0.25, 0.3) is 0 Å². The van der Waals surface area contributed by atoms with Crippen molar-refractivity contribution < 1.29 is 4.74 Å². The molecule has 13 heavy (non-hydrogen) atoms. The van der Waals surface area contributed by atoms with E-state index in [1.165, 1.54) is 18.4 Å². The zero-order valence-corrected chi connectivity index (χ0v) is 7.38. The number of allylic oxidation sites excluding steroid dienone is 4. The Morgan fingerprint density at radius 1 is 1.54 bits per heavy atom. The van der Waals surface area contributed by atoms with Gasteiger partial charge in [-0.2, -0.15) is 0 Å². The van der Waals surface area contributed by atoms with Crippen LogP contribution in [0.2, 0.25) is 0 Å². The van der Waals surface area contributed by atoms with Crippen LogP contribution in [0.15, 0.2) is 41.4 Å². The Balaban J connectivity index is 4.05. The summed E-state index contributed by atoms with van der Waals surface area (Å²) in [4.78, 5) is 10.1. The smallest absolute Gasteiger partial charge is 0.201 e. The first-order chi connectivity index (χ1) is 6.20. The highest BCUT2D eigenvalue weighted by atomic mass is 16.5. The Morgan fingerprint density at radius 3 is 2.69 bits per heavy atom. The summed E-state index contributed by atoms with van der Waals surface area (Å²) >= 11 is 0. The summed E-state index contributed by atoms with van der Waals surface area (Å²) in [5.74, 6) is 0. The van der Waals surface area contributed by atoms with Crippen molar-refractivity contribution in [2.75, 3.05) is 0 Å². The lowest BCUT2D eigenvalue weighted by Crippen LogP contribution is -2.31. The van der Waals surface area contributed by atoms with E-state index in [4.69, 9.17) is 11.5 Å². The van der Waals surface area contributed by atoms with Crippen LogP contribution < -0.4 is 11.5 Å². The number of nitroso groups, excluding NO2 is 1. The Hall–Kier alpha value is -1.46. The van der Waals surface area contributed by atoms with Gasteiger partial charge in [0, 0.05) is 0 Å². The van der Waals surface area contributed by atoms with Crippen molar-refractivity contribution in [2.45, 2.75) is 13.3 Å². The molecule has 0 amide bonds. The van der Waals surface area contributed by atoms with Gasteiger partial charge >= 0.3 is 0 Å². The summed E-state index contributed by atoms with van der Waals surface area (Å²) in [5, 5.41) is 2.75. The summed E-state index contributed by atoms with van der Waals surface area (Å²) in [7, 11) is 0. The van der Waals surface area contributed by atoms with E-state index in [1.807, 2.05) is 0 Å². The van der Waals surface area contributed by atoms with Crippen LogP contribution in [0.5, 0.6) is 0 Å². The normalized spacial score (nSPS) is 13.1. The molecule has 0 saturated heterocycles. The van der Waals surface area contributed by atoms with Gasteiger partial charge in [0.1, 0.15) is 5.70 Å². The lowest BCUT2D eigenvalue weighted by atomic mass is 10.3. The number of nitrogens with zero attached hydrogens (tertiary/aromatic N) is 1. The van der Waals surface area contributed by atoms with Gasteiger partial charge in [-0.25, -0.2) is 0 Å². The van der Waals surface area contributed by atoms with Crippen molar-refractivity contribution in [3.05, 3.63) is 41.2 Å². The second-order valence-corrected chi connectivity index (χ2v) is 2.11. The number of rotatable bonds is 5. The average molecular weight is 183 g/mol. The second-order valence-electron chi connectivity index (χ2n) is 2.11. The monoisotopic (exact) mass is 183 g/mol. The number of ether oxygens (including phenoxy) is 1. The first-order valence-electron chi connectivity index (χ1n) is 3.70. The van der Waals surface area contributed by atoms with Crippen LogP contribution >= 0.6 is 0 Å². The lowest BCUT2D eigenvalue weighted by Gasteiger charge is -2.01. The predicted molar refractivity (Wildman–Crippen MR) is 51.1 cm³/mol. The van der Waals surface area contributed by atoms with E-state index in [9.17, 15) is 4.91 Å². The lowest BCUT2D eigenvalue weighted by molar-refractivity contribution is 0.157. The summed E-state index contributed by atoms with van der Waals surface area (Å²) < 4.78 is 4.68. The standard InChI is InChI=1S/C8H13N3O2/c1-2-4-7(11-12)5-3-6-13-8(9)10/h2-6,8H,9-10H2,1H3/b4-2-,6-3+,7-5+. The maximum Gasteiger partial charge on any atom is 0.201 e. The minimum Gasteiger partial charge on any atom is -0.470 e. The van der Waals surface area contributed by atoms with Crippen molar-refractivity contribution in [3.8, 4) is 0 Å². The molecule has 0 radical (unpaired) electrons. The van der Waals surface area contributed by atoms with Gasteiger partial charge in [-0.15, -0.1) is 4.91 Å². The van der Waals surface area contributed by atoms with Crippen LogP contribution in [0.3, 0.4) is 0 Å². The van der Waals surface area contributed by atoms with E-state index in [-0.39, 0.29) is 0 Å². The highest BCUT2D eigenvalue weighted by Gasteiger charge is 1.86. The molecule has 0 aromatic carbocycles. The maximum atomic E-state index is 10.1. The fraction of sp³-hybridized carbons (Fsp3) is 0.250. The van der Waals surface area contributed by atoms with E-state index < -0.39 is 6.35 Å². The molecule has 5 nitrogen and oxygen atoms in total. The van der Waals surface area contributed by atoms with Gasteiger partial charge in [-0.05, 0) is 30.3 Å². The number of hydrogen-bond donors (Lipinski definition) is 2. The van der Waals surface area contributed by atoms with E-state index in [2.05, 4.69) is 9.91 Å². The van der Waals surface area contributed by atoms with Gasteiger partial charge < -0.3 is 4.74 Å². The van der Waals surface area contributed by atoms with Crippen LogP contribution in [0.1, 0.15) is 6.92 Å². The molecule has 0 heterocycles. The minimum atomic E-state index is -0.848. The molecule has 0 saturated carbocycles. The van der Waals surface area contributed by atoms with Gasteiger partial charge in [-0.1, -0.05) is 6.08 Å². The maximum absolute atomic E-state index is 10.1. The fourth-order valence-electron chi connectivity index (χ4n) is 0.561. The molecule has 0 unspecified atom stereocenters. The second kappa shape index (κ2) is 7.20. The summed E-state index contributed by atoms with van der Waals surface area (Å²) in [6.07, 6.45) is 6.69. The third-order valence-electron chi connectivity index (χ3n) is 1.02. The van der Waals surface area contributed by atoms with Crippen molar-refractivity contribution in [1.82, 2.24) is 0 Å². The van der Waals surface area contributed by atoms with Gasteiger partial charge in [0.15, 0.2) is 0 Å². The molecule has 0 aromatic heterocycles. The largest absolute Gasteiger partial charge is 0.470 e. The fourth-order valence-corrected chi connectivity index (χ4v) is 0.561. The van der Waals surface area contributed by atoms with Crippen molar-refractivity contribution in [3.63, 3.8) is 0 Å². The molecule has 0 aliphatic heterocycles. The summed E-state index contributed by atoms with van der Waals surface area (Å²) in [5.41, 5.74) is 10.5. The Labute approximate surface area is 76.7 Å². The minimum absolute atomic E-state index is 0.299. The highest BCUT2D eigenvalue weighted by molar-refractivity contribution is 5.21. The quantitative estimate of drug-likeness (QED) is 0.287. The van der Waals surface area contributed by atoms with Gasteiger partial charge in [0.2, 0.25) is 6.35 Å². The molecule has 0 spiro atoms. The molecule has 0 atom stereocenters. The number of hydrogen-bond acceptors (Lipinski definition) is 5. The first kappa shape index (κ1) is 11.5. The molecule has 0 aliphatic carbocycles. The Kier molecular flexibility index (Phi) is 6.39. The predicted octanol–water partition coefficient (Wildman–Crippen LogP) is 0.944. The van der Waals surface area contributed by atoms with Crippen molar-refractivity contribution in [1.29, 1.82) is 0 Å². The Morgan fingerprint density at radius 2 is 2.23 bits per heavy atom. The van der Waals surface area contributed by atoms with Crippen molar-refractivity contribution >= 4 is 0 Å². The van der Waals surface area contributed by atoms with Gasteiger partial charge in [0.25, 0.3) is 0 Å². The molecular formula is C8H13N3O2. The molecule has 0 aliphatic rings. The molecule has 5 heteroatoms. The topological polar surface area (TPSA) is 90.7 Å². The van der Waals surface area contributed by atoms with Gasteiger partial charge in [0.05, 0.1) is 6.26 Å². The van der Waals surface area contributed by atoms with Gasteiger partial charge in [-0.3, -0.25) is 11.5 Å². The van der Waals surface area contributed by atoms with Crippen LogP contribution in [-0.4, -0.2) is 6.35 Å². The van der Waals surface area contributed by atoms with E-state index in [0.29, 0.717) is 5.70 Å². The molecule has 4 N–H and O–H groups in total. The Bertz CT molecular complexity index is 232. The molecule has 0 bridgehead atoms. The molecule has 0 aromatic rings. The molecule has 0 fully saturated rings. The molecule has 72 valence electrons.